The van der Waals surface area contributed by atoms with Crippen molar-refractivity contribution in [3.63, 3.8) is 0 Å². The van der Waals surface area contributed by atoms with Gasteiger partial charge in [0, 0.05) is 11.6 Å². The molecule has 0 radical (unpaired) electrons. The second kappa shape index (κ2) is 7.35. The lowest BCUT2D eigenvalue weighted by molar-refractivity contribution is -0.124. The minimum absolute atomic E-state index is 0.0978. The first-order chi connectivity index (χ1) is 12.0. The van der Waals surface area contributed by atoms with Crippen LogP contribution in [0, 0.1) is 5.92 Å². The van der Waals surface area contributed by atoms with Gasteiger partial charge in [0.1, 0.15) is 0 Å². The maximum atomic E-state index is 12.6. The van der Waals surface area contributed by atoms with Gasteiger partial charge in [-0.05, 0) is 44.2 Å². The van der Waals surface area contributed by atoms with E-state index in [0.717, 1.165) is 25.7 Å². The highest BCUT2D eigenvalue weighted by Crippen LogP contribution is 2.39. The van der Waals surface area contributed by atoms with Crippen LogP contribution in [0.5, 0.6) is 0 Å². The van der Waals surface area contributed by atoms with E-state index in [0.29, 0.717) is 17.2 Å². The summed E-state index contributed by atoms with van der Waals surface area (Å²) in [5, 5.41) is 2.82. The number of primary amides is 1. The van der Waals surface area contributed by atoms with Crippen molar-refractivity contribution in [1.82, 2.24) is 4.90 Å². The molecule has 3 rings (SSSR count). The Hall–Kier alpha value is -2.21. The Balaban J connectivity index is 1.73. The molecule has 2 fully saturated rings. The summed E-state index contributed by atoms with van der Waals surface area (Å²) in [4.78, 5) is 38.1. The molecule has 3 N–H and O–H groups in total. The van der Waals surface area contributed by atoms with Crippen LogP contribution in [0.1, 0.15) is 49.4 Å². The minimum atomic E-state index is -0.373. The Morgan fingerprint density at radius 2 is 1.92 bits per heavy atom. The number of likely N-dealkylation sites (tertiary alicyclic amines) is 1. The van der Waals surface area contributed by atoms with E-state index in [1.54, 1.807) is 24.3 Å². The minimum Gasteiger partial charge on any atom is -0.368 e. The number of nitrogens with zero attached hydrogens (tertiary/aromatic N) is 1. The summed E-state index contributed by atoms with van der Waals surface area (Å²) < 4.78 is 0. The van der Waals surface area contributed by atoms with E-state index in [1.807, 2.05) is 4.90 Å². The molecular formula is C19H25N3O3. The fraction of sp³-hybridized carbons (Fsp3) is 0.526. The summed E-state index contributed by atoms with van der Waals surface area (Å²) in [6.07, 6.45) is 5.15. The van der Waals surface area contributed by atoms with Gasteiger partial charge in [0.25, 0.3) is 0 Å². The third-order valence-electron chi connectivity index (χ3n) is 5.46. The van der Waals surface area contributed by atoms with Crippen LogP contribution in [-0.2, 0) is 9.59 Å². The normalized spacial score (nSPS) is 26.0. The number of amides is 2. The number of anilines is 1. The molecule has 1 aliphatic heterocycles. The van der Waals surface area contributed by atoms with Crippen molar-refractivity contribution in [2.75, 3.05) is 11.9 Å². The molecule has 2 amide bonds. The van der Waals surface area contributed by atoms with Gasteiger partial charge in [-0.1, -0.05) is 25.0 Å². The molecule has 6 nitrogen and oxygen atoms in total. The number of fused-ring (bicyclic) bond motifs is 1. The third-order valence-corrected chi connectivity index (χ3v) is 5.46. The number of carbonyl (C=O) groups is 3. The average molecular weight is 343 g/mol. The molecule has 3 atom stereocenters. The fourth-order valence-electron chi connectivity index (χ4n) is 4.31. The zero-order valence-electron chi connectivity index (χ0n) is 14.5. The van der Waals surface area contributed by atoms with Gasteiger partial charge < -0.3 is 11.1 Å². The molecule has 0 spiro atoms. The Labute approximate surface area is 147 Å². The molecule has 1 saturated carbocycles. The number of nitrogens with one attached hydrogen (secondary N) is 1. The predicted octanol–water partition coefficient (Wildman–Crippen LogP) is 1.95. The van der Waals surface area contributed by atoms with Crippen LogP contribution in [-0.4, -0.2) is 41.1 Å². The largest absolute Gasteiger partial charge is 0.368 e. The molecule has 1 aliphatic carbocycles. The molecule has 1 heterocycles. The van der Waals surface area contributed by atoms with E-state index < -0.39 is 0 Å². The van der Waals surface area contributed by atoms with Crippen molar-refractivity contribution in [2.24, 2.45) is 11.7 Å². The summed E-state index contributed by atoms with van der Waals surface area (Å²) in [5.41, 5.74) is 6.57. The Morgan fingerprint density at radius 1 is 1.20 bits per heavy atom. The van der Waals surface area contributed by atoms with Gasteiger partial charge in [-0.2, -0.15) is 0 Å². The predicted molar refractivity (Wildman–Crippen MR) is 95.1 cm³/mol. The maximum absolute atomic E-state index is 12.6. The highest BCUT2D eigenvalue weighted by atomic mass is 16.2. The summed E-state index contributed by atoms with van der Waals surface area (Å²) >= 11 is 0. The van der Waals surface area contributed by atoms with Crippen LogP contribution in [0.3, 0.4) is 0 Å². The second-order valence-electron chi connectivity index (χ2n) is 7.09. The van der Waals surface area contributed by atoms with Crippen LogP contribution >= 0.6 is 0 Å². The third kappa shape index (κ3) is 3.74. The number of hydrogen-bond acceptors (Lipinski definition) is 4. The Kier molecular flexibility index (Phi) is 5.18. The number of benzene rings is 1. The van der Waals surface area contributed by atoms with Crippen molar-refractivity contribution in [1.29, 1.82) is 0 Å². The quantitative estimate of drug-likeness (QED) is 0.799. The molecule has 1 saturated heterocycles. The smallest absolute Gasteiger partial charge is 0.238 e. The lowest BCUT2D eigenvalue weighted by Crippen LogP contribution is -2.48. The van der Waals surface area contributed by atoms with E-state index in [4.69, 9.17) is 5.73 Å². The van der Waals surface area contributed by atoms with Crippen molar-refractivity contribution >= 4 is 23.3 Å². The molecule has 1 aromatic rings. The summed E-state index contributed by atoms with van der Waals surface area (Å²) in [5.74, 6) is -0.222. The van der Waals surface area contributed by atoms with E-state index in [9.17, 15) is 14.4 Å². The van der Waals surface area contributed by atoms with Gasteiger partial charge in [-0.15, -0.1) is 0 Å². The van der Waals surface area contributed by atoms with E-state index in [1.165, 1.54) is 13.3 Å². The molecule has 0 bridgehead atoms. The SMILES string of the molecule is CC(=O)c1ccccc1NC(=O)CN1[C@@H]2CCCC[C@H]2C[C@H]1C(N)=O. The zero-order chi connectivity index (χ0) is 18.0. The number of rotatable bonds is 5. The Bertz CT molecular complexity index is 688. The van der Waals surface area contributed by atoms with Gasteiger partial charge in [0.15, 0.2) is 5.78 Å². The van der Waals surface area contributed by atoms with Gasteiger partial charge in [-0.3, -0.25) is 19.3 Å². The molecular weight excluding hydrogens is 318 g/mol. The van der Waals surface area contributed by atoms with E-state index >= 15 is 0 Å². The fourth-order valence-corrected chi connectivity index (χ4v) is 4.31. The molecule has 134 valence electrons. The second-order valence-corrected chi connectivity index (χ2v) is 7.09. The lowest BCUT2D eigenvalue weighted by Gasteiger charge is -2.32. The number of para-hydroxylation sites is 1. The van der Waals surface area contributed by atoms with Crippen molar-refractivity contribution < 1.29 is 14.4 Å². The zero-order valence-corrected chi connectivity index (χ0v) is 14.5. The highest BCUT2D eigenvalue weighted by molar-refractivity contribution is 6.04. The van der Waals surface area contributed by atoms with Gasteiger partial charge in [-0.25, -0.2) is 0 Å². The van der Waals surface area contributed by atoms with Crippen LogP contribution in [0.2, 0.25) is 0 Å². The molecule has 0 aromatic heterocycles. The van der Waals surface area contributed by atoms with E-state index in [2.05, 4.69) is 5.32 Å². The van der Waals surface area contributed by atoms with Gasteiger partial charge >= 0.3 is 0 Å². The first-order valence-corrected chi connectivity index (χ1v) is 8.92. The van der Waals surface area contributed by atoms with Crippen LogP contribution in [0.25, 0.3) is 0 Å². The van der Waals surface area contributed by atoms with Crippen molar-refractivity contribution in [3.8, 4) is 0 Å². The monoisotopic (exact) mass is 343 g/mol. The number of nitrogens with two attached hydrogens (primary N) is 1. The molecule has 0 unspecified atom stereocenters. The molecule has 6 heteroatoms. The molecule has 1 aromatic carbocycles. The number of Topliss-reactive ketones (excluding diaryl/α,β-unsaturated/α-hetero) is 1. The van der Waals surface area contributed by atoms with Crippen molar-refractivity contribution in [2.45, 2.75) is 51.1 Å². The van der Waals surface area contributed by atoms with Crippen LogP contribution in [0.4, 0.5) is 5.69 Å². The van der Waals surface area contributed by atoms with Gasteiger partial charge in [0.05, 0.1) is 18.3 Å². The van der Waals surface area contributed by atoms with Crippen LogP contribution in [0.15, 0.2) is 24.3 Å². The average Bonchev–Trinajstić information content (AvgIpc) is 2.94. The standard InChI is InChI=1S/C19H25N3O3/c1-12(23)14-7-3-4-8-15(14)21-18(24)11-22-16-9-5-2-6-13(16)10-17(22)19(20)25/h3-4,7-8,13,16-17H,2,5-6,9-11H2,1H3,(H2,20,25)(H,21,24)/t13-,16+,17-/m0/s1. The summed E-state index contributed by atoms with van der Waals surface area (Å²) in [6, 6.07) is 6.83. The summed E-state index contributed by atoms with van der Waals surface area (Å²) in [7, 11) is 0. The Morgan fingerprint density at radius 3 is 2.64 bits per heavy atom. The highest BCUT2D eigenvalue weighted by Gasteiger charge is 2.44. The van der Waals surface area contributed by atoms with Crippen LogP contribution < -0.4 is 11.1 Å². The topological polar surface area (TPSA) is 92.5 Å². The number of hydrogen-bond donors (Lipinski definition) is 2. The maximum Gasteiger partial charge on any atom is 0.238 e. The first kappa shape index (κ1) is 17.6. The lowest BCUT2D eigenvalue weighted by atomic mass is 9.84. The number of ketones is 1. The molecule has 25 heavy (non-hydrogen) atoms. The number of carbonyl (C=O) groups excluding carboxylic acids is 3. The van der Waals surface area contributed by atoms with Gasteiger partial charge in [0.2, 0.25) is 11.8 Å². The summed E-state index contributed by atoms with van der Waals surface area (Å²) in [6.45, 7) is 1.60. The first-order valence-electron chi connectivity index (χ1n) is 8.92. The molecule has 2 aliphatic rings. The van der Waals surface area contributed by atoms with Crippen molar-refractivity contribution in [3.05, 3.63) is 29.8 Å². The van der Waals surface area contributed by atoms with E-state index in [-0.39, 0.29) is 36.2 Å².